The molecule has 0 aliphatic carbocycles. The molecule has 0 radical (unpaired) electrons. The van der Waals surface area contributed by atoms with Crippen molar-refractivity contribution in [3.63, 3.8) is 0 Å². The molecule has 0 aromatic heterocycles. The molecule has 0 saturated carbocycles. The average molecular weight is 364 g/mol. The van der Waals surface area contributed by atoms with E-state index in [-0.39, 0.29) is 11.9 Å². The van der Waals surface area contributed by atoms with Crippen LogP contribution in [-0.2, 0) is 6.54 Å². The number of hydrogen-bond acceptors (Lipinski definition) is 3. The van der Waals surface area contributed by atoms with E-state index in [1.165, 1.54) is 12.0 Å². The third-order valence-corrected chi connectivity index (χ3v) is 5.88. The molecule has 3 aliphatic rings. The fourth-order valence-electron chi connectivity index (χ4n) is 4.54. The summed E-state index contributed by atoms with van der Waals surface area (Å²) in [6.45, 7) is 5.85. The summed E-state index contributed by atoms with van der Waals surface area (Å²) in [6.07, 6.45) is 2.31. The number of methoxy groups -OCH3 is 1. The maximum atomic E-state index is 13.4. The van der Waals surface area contributed by atoms with E-state index >= 15 is 0 Å². The van der Waals surface area contributed by atoms with Crippen LogP contribution in [0.3, 0.4) is 0 Å². The second kappa shape index (κ2) is 7.73. The van der Waals surface area contributed by atoms with Gasteiger partial charge in [0.05, 0.1) is 12.7 Å². The Balaban J connectivity index is 1.54. The lowest BCUT2D eigenvalue weighted by atomic mass is 9.94. The molecule has 1 amide bonds. The molecule has 27 heavy (non-hydrogen) atoms. The number of hydrogen-bond donors (Lipinski definition) is 0. The highest BCUT2D eigenvalue weighted by Crippen LogP contribution is 2.31. The zero-order valence-electron chi connectivity index (χ0n) is 16.2. The first kappa shape index (κ1) is 18.1. The monoisotopic (exact) mass is 364 g/mol. The highest BCUT2D eigenvalue weighted by molar-refractivity contribution is 5.97. The van der Waals surface area contributed by atoms with Crippen molar-refractivity contribution in [3.05, 3.63) is 65.2 Å². The third-order valence-electron chi connectivity index (χ3n) is 5.88. The van der Waals surface area contributed by atoms with E-state index in [0.29, 0.717) is 17.2 Å². The van der Waals surface area contributed by atoms with Gasteiger partial charge in [0.25, 0.3) is 5.91 Å². The predicted molar refractivity (Wildman–Crippen MR) is 107 cm³/mol. The molecule has 3 saturated heterocycles. The molecule has 0 N–H and O–H groups in total. The second-order valence-electron chi connectivity index (χ2n) is 7.94. The summed E-state index contributed by atoms with van der Waals surface area (Å²) in [6, 6.07) is 16.8. The van der Waals surface area contributed by atoms with E-state index in [9.17, 15) is 4.79 Å². The van der Waals surface area contributed by atoms with Crippen molar-refractivity contribution in [2.24, 2.45) is 5.92 Å². The molecule has 0 unspecified atom stereocenters. The van der Waals surface area contributed by atoms with Crippen molar-refractivity contribution in [2.45, 2.75) is 32.4 Å². The van der Waals surface area contributed by atoms with Crippen molar-refractivity contribution >= 4 is 5.91 Å². The number of amides is 1. The summed E-state index contributed by atoms with van der Waals surface area (Å²) in [5.41, 5.74) is 3.13. The predicted octanol–water partition coefficient (Wildman–Crippen LogP) is 3.74. The van der Waals surface area contributed by atoms with E-state index in [1.54, 1.807) is 7.11 Å². The van der Waals surface area contributed by atoms with Gasteiger partial charge < -0.3 is 9.64 Å². The Labute approximate surface area is 161 Å². The smallest absolute Gasteiger partial charge is 0.257 e. The van der Waals surface area contributed by atoms with Crippen LogP contribution in [0.2, 0.25) is 0 Å². The van der Waals surface area contributed by atoms with Crippen LogP contribution in [0.1, 0.15) is 34.3 Å². The van der Waals surface area contributed by atoms with E-state index in [2.05, 4.69) is 40.1 Å². The molecular weight excluding hydrogens is 336 g/mol. The summed E-state index contributed by atoms with van der Waals surface area (Å²) < 4.78 is 5.47. The lowest BCUT2D eigenvalue weighted by Crippen LogP contribution is -2.47. The fourth-order valence-corrected chi connectivity index (χ4v) is 4.54. The molecule has 2 aromatic carbocycles. The minimum Gasteiger partial charge on any atom is -0.496 e. The number of ether oxygens (including phenoxy) is 1. The SMILES string of the molecule is COc1ccc(C)cc1C(=O)N1C[C@H]2CC[C@@H]1CN(Cc1ccccc1)C2. The normalized spacial score (nSPS) is 22.5. The van der Waals surface area contributed by atoms with Crippen molar-refractivity contribution in [1.29, 1.82) is 0 Å². The number of carbonyl (C=O) groups is 1. The minimum absolute atomic E-state index is 0.117. The van der Waals surface area contributed by atoms with Crippen LogP contribution in [0.15, 0.2) is 48.5 Å². The van der Waals surface area contributed by atoms with Gasteiger partial charge in [-0.2, -0.15) is 0 Å². The molecule has 3 aliphatic heterocycles. The van der Waals surface area contributed by atoms with Gasteiger partial charge in [0.1, 0.15) is 5.75 Å². The van der Waals surface area contributed by atoms with Crippen LogP contribution in [0.4, 0.5) is 0 Å². The van der Waals surface area contributed by atoms with Gasteiger partial charge in [0.2, 0.25) is 0 Å². The van der Waals surface area contributed by atoms with Crippen LogP contribution < -0.4 is 4.74 Å². The first-order valence-corrected chi connectivity index (χ1v) is 9.86. The molecular formula is C23H28N2O2. The number of rotatable bonds is 4. The lowest BCUT2D eigenvalue weighted by molar-refractivity contribution is 0.0581. The number of fused-ring (bicyclic) bond motifs is 4. The molecule has 3 fully saturated rings. The van der Waals surface area contributed by atoms with Gasteiger partial charge in [-0.15, -0.1) is 0 Å². The molecule has 2 atom stereocenters. The van der Waals surface area contributed by atoms with Gasteiger partial charge in [-0.25, -0.2) is 0 Å². The lowest BCUT2D eigenvalue weighted by Gasteiger charge is -2.36. The van der Waals surface area contributed by atoms with E-state index in [0.717, 1.165) is 38.2 Å². The molecule has 3 heterocycles. The number of benzene rings is 2. The summed E-state index contributed by atoms with van der Waals surface area (Å²) in [5.74, 6) is 1.34. The van der Waals surface area contributed by atoms with Crippen LogP contribution in [0.25, 0.3) is 0 Å². The summed E-state index contributed by atoms with van der Waals surface area (Å²) in [7, 11) is 1.64. The Kier molecular flexibility index (Phi) is 5.17. The number of aryl methyl sites for hydroxylation is 1. The van der Waals surface area contributed by atoms with Crippen molar-refractivity contribution in [1.82, 2.24) is 9.80 Å². The van der Waals surface area contributed by atoms with Crippen LogP contribution in [0.5, 0.6) is 5.75 Å². The molecule has 2 aromatic rings. The molecule has 142 valence electrons. The quantitative estimate of drug-likeness (QED) is 0.828. The molecule has 5 rings (SSSR count). The summed E-state index contributed by atoms with van der Waals surface area (Å²) in [4.78, 5) is 18.0. The number of piperidine rings is 1. The minimum atomic E-state index is 0.117. The topological polar surface area (TPSA) is 32.8 Å². The Morgan fingerprint density at radius 3 is 2.67 bits per heavy atom. The first-order valence-electron chi connectivity index (χ1n) is 9.86. The van der Waals surface area contributed by atoms with Crippen molar-refractivity contribution in [2.75, 3.05) is 26.7 Å². The van der Waals surface area contributed by atoms with Gasteiger partial charge in [0, 0.05) is 32.2 Å². The summed E-state index contributed by atoms with van der Waals surface area (Å²) in [5, 5.41) is 0. The maximum absolute atomic E-state index is 13.4. The standard InChI is InChI=1S/C23H28N2O2/c1-17-8-11-22(27-2)21(12-17)23(26)25-15-19-9-10-20(25)16-24(14-19)13-18-6-4-3-5-7-18/h3-8,11-12,19-20H,9-10,13-16H2,1-2H3/t19-,20+/m0/s1. The average Bonchev–Trinajstić information content (AvgIpc) is 2.98. The van der Waals surface area contributed by atoms with E-state index in [1.807, 2.05) is 25.1 Å². The Morgan fingerprint density at radius 2 is 1.89 bits per heavy atom. The molecule has 4 nitrogen and oxygen atoms in total. The second-order valence-corrected chi connectivity index (χ2v) is 7.94. The largest absolute Gasteiger partial charge is 0.496 e. The zero-order valence-corrected chi connectivity index (χ0v) is 16.2. The van der Waals surface area contributed by atoms with E-state index < -0.39 is 0 Å². The Bertz CT molecular complexity index is 805. The van der Waals surface area contributed by atoms with Gasteiger partial charge >= 0.3 is 0 Å². The van der Waals surface area contributed by atoms with Gasteiger partial charge in [-0.3, -0.25) is 9.69 Å². The highest BCUT2D eigenvalue weighted by atomic mass is 16.5. The number of carbonyl (C=O) groups excluding carboxylic acids is 1. The Morgan fingerprint density at radius 1 is 1.07 bits per heavy atom. The van der Waals surface area contributed by atoms with Gasteiger partial charge in [-0.1, -0.05) is 42.0 Å². The van der Waals surface area contributed by atoms with E-state index in [4.69, 9.17) is 4.74 Å². The van der Waals surface area contributed by atoms with Gasteiger partial charge in [0.15, 0.2) is 0 Å². The highest BCUT2D eigenvalue weighted by Gasteiger charge is 2.38. The van der Waals surface area contributed by atoms with Crippen molar-refractivity contribution in [3.8, 4) is 5.75 Å². The van der Waals surface area contributed by atoms with Crippen LogP contribution >= 0.6 is 0 Å². The summed E-state index contributed by atoms with van der Waals surface area (Å²) >= 11 is 0. The molecule has 2 bridgehead atoms. The van der Waals surface area contributed by atoms with Gasteiger partial charge in [-0.05, 0) is 43.4 Å². The Hall–Kier alpha value is -2.33. The third kappa shape index (κ3) is 3.86. The molecule has 4 heteroatoms. The van der Waals surface area contributed by atoms with Crippen LogP contribution in [-0.4, -0.2) is 48.5 Å². The molecule has 0 spiro atoms. The number of nitrogens with zero attached hydrogens (tertiary/aromatic N) is 2. The zero-order chi connectivity index (χ0) is 18.8. The fraction of sp³-hybridized carbons (Fsp3) is 0.435. The van der Waals surface area contributed by atoms with Crippen molar-refractivity contribution < 1.29 is 9.53 Å². The van der Waals surface area contributed by atoms with Crippen LogP contribution in [0, 0.1) is 12.8 Å². The first-order chi connectivity index (χ1) is 13.1. The maximum Gasteiger partial charge on any atom is 0.257 e.